The van der Waals surface area contributed by atoms with Crippen LogP contribution in [-0.4, -0.2) is 68.6 Å². The summed E-state index contributed by atoms with van der Waals surface area (Å²) < 4.78 is 28.2. The average Bonchev–Trinajstić information content (AvgIpc) is 2.34. The van der Waals surface area contributed by atoms with Crippen LogP contribution >= 0.6 is 0 Å². The highest BCUT2D eigenvalue weighted by molar-refractivity contribution is 7.92. The monoisotopic (exact) mass is 290 g/mol. The van der Waals surface area contributed by atoms with E-state index in [-0.39, 0.29) is 24.2 Å². The summed E-state index contributed by atoms with van der Waals surface area (Å²) in [4.78, 5) is 13.9. The van der Waals surface area contributed by atoms with Crippen molar-refractivity contribution in [2.24, 2.45) is 0 Å². The molecule has 6 nitrogen and oxygen atoms in total. The zero-order chi connectivity index (χ0) is 14.1. The molecule has 0 bridgehead atoms. The van der Waals surface area contributed by atoms with E-state index in [1.165, 1.54) is 0 Å². The Balaban J connectivity index is 1.93. The van der Waals surface area contributed by atoms with Crippen LogP contribution in [-0.2, 0) is 19.4 Å². The van der Waals surface area contributed by atoms with Gasteiger partial charge in [-0.05, 0) is 13.8 Å². The van der Waals surface area contributed by atoms with Crippen molar-refractivity contribution in [3.05, 3.63) is 0 Å². The van der Waals surface area contributed by atoms with E-state index in [1.807, 2.05) is 0 Å². The molecular formula is C12H22N2O4S. The Bertz CT molecular complexity index is 441. The van der Waals surface area contributed by atoms with Crippen LogP contribution in [0.1, 0.15) is 20.3 Å². The van der Waals surface area contributed by atoms with Gasteiger partial charge >= 0.3 is 0 Å². The van der Waals surface area contributed by atoms with Crippen LogP contribution in [0.3, 0.4) is 0 Å². The number of carbonyl (C=O) groups excluding carboxylic acids is 1. The number of hydrogen-bond donors (Lipinski definition) is 1. The maximum atomic E-state index is 12.2. The summed E-state index contributed by atoms with van der Waals surface area (Å²) in [5, 5.41) is 3.24. The van der Waals surface area contributed by atoms with Gasteiger partial charge in [0.25, 0.3) is 0 Å². The molecule has 1 atom stereocenters. The number of hydrogen-bond acceptors (Lipinski definition) is 5. The Morgan fingerprint density at radius 1 is 1.47 bits per heavy atom. The number of nitrogens with zero attached hydrogens (tertiary/aromatic N) is 1. The predicted octanol–water partition coefficient (Wildman–Crippen LogP) is -0.599. The van der Waals surface area contributed by atoms with E-state index in [1.54, 1.807) is 18.7 Å². The van der Waals surface area contributed by atoms with Gasteiger partial charge in [-0.25, -0.2) is 8.42 Å². The van der Waals surface area contributed by atoms with Gasteiger partial charge in [-0.3, -0.25) is 4.79 Å². The second-order valence-corrected chi connectivity index (χ2v) is 8.57. The smallest absolute Gasteiger partial charge is 0.224 e. The third-order valence-corrected chi connectivity index (χ3v) is 6.35. The van der Waals surface area contributed by atoms with Crippen molar-refractivity contribution in [3.8, 4) is 0 Å². The summed E-state index contributed by atoms with van der Waals surface area (Å²) in [6.45, 7) is 5.94. The Morgan fingerprint density at radius 3 is 2.79 bits per heavy atom. The molecular weight excluding hydrogens is 268 g/mol. The van der Waals surface area contributed by atoms with E-state index in [9.17, 15) is 13.2 Å². The summed E-state index contributed by atoms with van der Waals surface area (Å²) in [5.74, 6) is 0.0614. The molecule has 7 heteroatoms. The van der Waals surface area contributed by atoms with E-state index in [4.69, 9.17) is 4.74 Å². The first-order valence-corrected chi connectivity index (χ1v) is 8.28. The van der Waals surface area contributed by atoms with Crippen molar-refractivity contribution in [1.29, 1.82) is 0 Å². The highest BCUT2D eigenvalue weighted by atomic mass is 32.2. The molecule has 0 aromatic carbocycles. The SMILES string of the molecule is CC1(C)CN(C(=O)CC2COCCN2)CCS1(=O)=O. The van der Waals surface area contributed by atoms with Crippen LogP contribution in [0, 0.1) is 0 Å². The number of amides is 1. The normalized spacial score (nSPS) is 30.0. The molecule has 2 fully saturated rings. The maximum Gasteiger partial charge on any atom is 0.224 e. The summed E-state index contributed by atoms with van der Waals surface area (Å²) in [6, 6.07) is 0.0443. The minimum absolute atomic E-state index is 0.00553. The lowest BCUT2D eigenvalue weighted by atomic mass is 10.1. The Labute approximate surface area is 114 Å². The van der Waals surface area contributed by atoms with Gasteiger partial charge in [-0.1, -0.05) is 0 Å². The fraction of sp³-hybridized carbons (Fsp3) is 0.917. The molecule has 0 spiro atoms. The lowest BCUT2D eigenvalue weighted by Gasteiger charge is -2.38. The summed E-state index contributed by atoms with van der Waals surface area (Å²) in [6.07, 6.45) is 0.371. The van der Waals surface area contributed by atoms with Gasteiger partial charge in [0.05, 0.1) is 23.7 Å². The minimum Gasteiger partial charge on any atom is -0.378 e. The third-order valence-electron chi connectivity index (χ3n) is 3.82. The van der Waals surface area contributed by atoms with E-state index in [0.29, 0.717) is 26.2 Å². The largest absolute Gasteiger partial charge is 0.378 e. The molecule has 0 aliphatic carbocycles. The van der Waals surface area contributed by atoms with Crippen LogP contribution in [0.2, 0.25) is 0 Å². The van der Waals surface area contributed by atoms with E-state index in [2.05, 4.69) is 5.32 Å². The van der Waals surface area contributed by atoms with Gasteiger partial charge in [0.1, 0.15) is 0 Å². The van der Waals surface area contributed by atoms with E-state index < -0.39 is 14.6 Å². The fourth-order valence-electron chi connectivity index (χ4n) is 2.45. The number of morpholine rings is 1. The van der Waals surface area contributed by atoms with Gasteiger partial charge in [-0.2, -0.15) is 0 Å². The molecule has 0 aromatic rings. The van der Waals surface area contributed by atoms with E-state index in [0.717, 1.165) is 6.54 Å². The Morgan fingerprint density at radius 2 is 2.21 bits per heavy atom. The second-order valence-electron chi connectivity index (χ2n) is 5.82. The summed E-state index contributed by atoms with van der Waals surface area (Å²) in [5.41, 5.74) is 0. The molecule has 2 saturated heterocycles. The minimum atomic E-state index is -3.09. The van der Waals surface area contributed by atoms with Gasteiger partial charge in [0, 0.05) is 32.1 Å². The van der Waals surface area contributed by atoms with E-state index >= 15 is 0 Å². The number of rotatable bonds is 2. The summed E-state index contributed by atoms with van der Waals surface area (Å²) in [7, 11) is -3.09. The molecule has 1 amide bonds. The lowest BCUT2D eigenvalue weighted by molar-refractivity contribution is -0.132. The average molecular weight is 290 g/mol. The van der Waals surface area contributed by atoms with Gasteiger partial charge in [-0.15, -0.1) is 0 Å². The summed E-state index contributed by atoms with van der Waals surface area (Å²) >= 11 is 0. The zero-order valence-electron chi connectivity index (χ0n) is 11.5. The van der Waals surface area contributed by atoms with Crippen LogP contribution in [0.4, 0.5) is 0 Å². The van der Waals surface area contributed by atoms with Gasteiger partial charge in [0.2, 0.25) is 5.91 Å². The van der Waals surface area contributed by atoms with Crippen molar-refractivity contribution >= 4 is 15.7 Å². The number of sulfone groups is 1. The first-order valence-electron chi connectivity index (χ1n) is 6.63. The lowest BCUT2D eigenvalue weighted by Crippen LogP contribution is -2.55. The molecule has 0 aromatic heterocycles. The van der Waals surface area contributed by atoms with Crippen molar-refractivity contribution < 1.29 is 17.9 Å². The molecule has 1 N–H and O–H groups in total. The molecule has 2 aliphatic heterocycles. The van der Waals surface area contributed by atoms with Crippen molar-refractivity contribution in [2.45, 2.75) is 31.1 Å². The quantitative estimate of drug-likeness (QED) is 0.735. The molecule has 2 heterocycles. The number of nitrogens with one attached hydrogen (secondary N) is 1. The molecule has 110 valence electrons. The second kappa shape index (κ2) is 5.38. The standard InChI is InChI=1S/C12H22N2O4S/c1-12(2)9-14(4-6-19(12,16)17)11(15)7-10-8-18-5-3-13-10/h10,13H,3-9H2,1-2H3. The highest BCUT2D eigenvalue weighted by Crippen LogP contribution is 2.24. The molecule has 2 aliphatic rings. The molecule has 0 saturated carbocycles. The maximum absolute atomic E-state index is 12.2. The highest BCUT2D eigenvalue weighted by Gasteiger charge is 2.41. The van der Waals surface area contributed by atoms with Crippen molar-refractivity contribution in [1.82, 2.24) is 10.2 Å². The first-order chi connectivity index (χ1) is 8.82. The predicted molar refractivity (Wildman–Crippen MR) is 71.7 cm³/mol. The third kappa shape index (κ3) is 3.27. The first kappa shape index (κ1) is 14.7. The van der Waals surface area contributed by atoms with Gasteiger partial charge < -0.3 is 15.0 Å². The van der Waals surface area contributed by atoms with Gasteiger partial charge in [0.15, 0.2) is 9.84 Å². The molecule has 1 unspecified atom stereocenters. The molecule has 2 rings (SSSR count). The van der Waals surface area contributed by atoms with Crippen LogP contribution in [0.25, 0.3) is 0 Å². The van der Waals surface area contributed by atoms with Crippen LogP contribution in [0.15, 0.2) is 0 Å². The van der Waals surface area contributed by atoms with Crippen molar-refractivity contribution in [2.75, 3.05) is 38.6 Å². The molecule has 19 heavy (non-hydrogen) atoms. The topological polar surface area (TPSA) is 75.7 Å². The number of ether oxygens (including phenoxy) is 1. The number of carbonyl (C=O) groups is 1. The fourth-order valence-corrected chi connectivity index (χ4v) is 3.81. The Hall–Kier alpha value is -0.660. The van der Waals surface area contributed by atoms with Crippen LogP contribution in [0.5, 0.6) is 0 Å². The van der Waals surface area contributed by atoms with Crippen LogP contribution < -0.4 is 5.32 Å². The zero-order valence-corrected chi connectivity index (χ0v) is 12.3. The Kier molecular flexibility index (Phi) is 4.17. The molecule has 0 radical (unpaired) electrons. The van der Waals surface area contributed by atoms with Crippen molar-refractivity contribution in [3.63, 3.8) is 0 Å².